The van der Waals surface area contributed by atoms with Crippen LogP contribution in [0.2, 0.25) is 0 Å². The third-order valence-electron chi connectivity index (χ3n) is 4.65. The number of nitrogens with one attached hydrogen (secondary N) is 2. The smallest absolute Gasteiger partial charge is 0.227 e. The number of fused-ring (bicyclic) bond motifs is 1. The van der Waals surface area contributed by atoms with E-state index in [0.717, 1.165) is 53.1 Å². The molecule has 0 bridgehead atoms. The molecule has 1 aromatic heterocycles. The number of rotatable bonds is 3. The summed E-state index contributed by atoms with van der Waals surface area (Å²) in [7, 11) is 0. The standard InChI is InChI=1S/C19H19BrN4O/c20-14-5-7-15(8-6-14)21-18(25)13-9-11-24(12-10-13)19-22-16-3-1-2-4-17(16)23-19/h1-8,13H,9-12H2,(H,21,25)(H,22,23). The van der Waals surface area contributed by atoms with Crippen LogP contribution in [0, 0.1) is 5.92 Å². The summed E-state index contributed by atoms with van der Waals surface area (Å²) in [6.45, 7) is 1.66. The van der Waals surface area contributed by atoms with Gasteiger partial charge in [0.1, 0.15) is 0 Å². The summed E-state index contributed by atoms with van der Waals surface area (Å²) in [5, 5.41) is 3.01. The average molecular weight is 399 g/mol. The van der Waals surface area contributed by atoms with Crippen LogP contribution >= 0.6 is 15.9 Å². The van der Waals surface area contributed by atoms with Gasteiger partial charge in [-0.1, -0.05) is 28.1 Å². The molecule has 128 valence electrons. The van der Waals surface area contributed by atoms with Crippen molar-refractivity contribution >= 4 is 44.5 Å². The number of carbonyl (C=O) groups is 1. The molecule has 0 radical (unpaired) electrons. The fourth-order valence-corrected chi connectivity index (χ4v) is 3.48. The molecule has 0 aliphatic carbocycles. The number of amides is 1. The highest BCUT2D eigenvalue weighted by Gasteiger charge is 2.26. The summed E-state index contributed by atoms with van der Waals surface area (Å²) in [6, 6.07) is 15.7. The Kier molecular flexibility index (Phi) is 4.44. The molecular formula is C19H19BrN4O. The van der Waals surface area contributed by atoms with Gasteiger partial charge >= 0.3 is 0 Å². The molecule has 1 aliphatic rings. The number of halogens is 1. The zero-order chi connectivity index (χ0) is 17.2. The maximum absolute atomic E-state index is 12.5. The molecule has 0 unspecified atom stereocenters. The van der Waals surface area contributed by atoms with Gasteiger partial charge in [-0.05, 0) is 49.2 Å². The first-order chi connectivity index (χ1) is 12.2. The molecule has 2 N–H and O–H groups in total. The first kappa shape index (κ1) is 16.1. The Morgan fingerprint density at radius 3 is 2.56 bits per heavy atom. The van der Waals surface area contributed by atoms with Gasteiger partial charge in [-0.25, -0.2) is 4.98 Å². The molecule has 1 fully saturated rings. The summed E-state index contributed by atoms with van der Waals surface area (Å²) in [6.07, 6.45) is 1.67. The molecule has 5 nitrogen and oxygen atoms in total. The first-order valence-corrected chi connectivity index (χ1v) is 9.24. The second kappa shape index (κ2) is 6.88. The van der Waals surface area contributed by atoms with Crippen molar-refractivity contribution in [1.82, 2.24) is 9.97 Å². The van der Waals surface area contributed by atoms with Gasteiger partial charge in [0.2, 0.25) is 11.9 Å². The predicted octanol–water partition coefficient (Wildman–Crippen LogP) is 4.18. The lowest BCUT2D eigenvalue weighted by atomic mass is 9.96. The number of aromatic amines is 1. The Balaban J connectivity index is 1.37. The van der Waals surface area contributed by atoms with Gasteiger partial charge in [0.05, 0.1) is 11.0 Å². The Hall–Kier alpha value is -2.34. The zero-order valence-corrected chi connectivity index (χ0v) is 15.3. The molecule has 1 amide bonds. The van der Waals surface area contributed by atoms with E-state index in [1.165, 1.54) is 0 Å². The minimum atomic E-state index is 0.0456. The molecule has 2 heterocycles. The highest BCUT2D eigenvalue weighted by atomic mass is 79.9. The number of hydrogen-bond donors (Lipinski definition) is 2. The lowest BCUT2D eigenvalue weighted by Crippen LogP contribution is -2.38. The molecule has 3 aromatic rings. The number of para-hydroxylation sites is 2. The quantitative estimate of drug-likeness (QED) is 0.695. The van der Waals surface area contributed by atoms with Crippen LogP contribution in [0.15, 0.2) is 53.0 Å². The first-order valence-electron chi connectivity index (χ1n) is 8.45. The molecule has 6 heteroatoms. The SMILES string of the molecule is O=C(Nc1ccc(Br)cc1)C1CCN(c2nc3ccccc3[nH]2)CC1. The Morgan fingerprint density at radius 2 is 1.84 bits per heavy atom. The Bertz CT molecular complexity index is 849. The van der Waals surface area contributed by atoms with E-state index < -0.39 is 0 Å². The van der Waals surface area contributed by atoms with Crippen molar-refractivity contribution in [2.24, 2.45) is 5.92 Å². The van der Waals surface area contributed by atoms with E-state index in [1.807, 2.05) is 48.5 Å². The second-order valence-electron chi connectivity index (χ2n) is 6.34. The van der Waals surface area contributed by atoms with Gasteiger partial charge in [-0.3, -0.25) is 4.79 Å². The Labute approximate surface area is 154 Å². The van der Waals surface area contributed by atoms with Crippen LogP contribution in [0.5, 0.6) is 0 Å². The number of H-pyrrole nitrogens is 1. The lowest BCUT2D eigenvalue weighted by Gasteiger charge is -2.31. The molecule has 1 aliphatic heterocycles. The summed E-state index contributed by atoms with van der Waals surface area (Å²) < 4.78 is 1.00. The second-order valence-corrected chi connectivity index (χ2v) is 7.25. The van der Waals surface area contributed by atoms with E-state index in [0.29, 0.717) is 0 Å². The normalized spacial score (nSPS) is 15.5. The third-order valence-corrected chi connectivity index (χ3v) is 5.18. The molecule has 25 heavy (non-hydrogen) atoms. The van der Waals surface area contributed by atoms with E-state index in [-0.39, 0.29) is 11.8 Å². The van der Waals surface area contributed by atoms with Crippen LogP contribution in [0.25, 0.3) is 11.0 Å². The minimum Gasteiger partial charge on any atom is -0.342 e. The van der Waals surface area contributed by atoms with Crippen LogP contribution in [-0.2, 0) is 4.79 Å². The maximum atomic E-state index is 12.5. The molecule has 2 aromatic carbocycles. The summed E-state index contributed by atoms with van der Waals surface area (Å²) in [4.78, 5) is 22.7. The number of piperidine rings is 1. The van der Waals surface area contributed by atoms with Crippen molar-refractivity contribution in [2.75, 3.05) is 23.3 Å². The average Bonchev–Trinajstić information content (AvgIpc) is 3.08. The summed E-state index contributed by atoms with van der Waals surface area (Å²) in [5.74, 6) is 1.05. The predicted molar refractivity (Wildman–Crippen MR) is 104 cm³/mol. The monoisotopic (exact) mass is 398 g/mol. The van der Waals surface area contributed by atoms with Crippen LogP contribution in [0.1, 0.15) is 12.8 Å². The van der Waals surface area contributed by atoms with Crippen LogP contribution < -0.4 is 10.2 Å². The Morgan fingerprint density at radius 1 is 1.12 bits per heavy atom. The molecule has 0 spiro atoms. The number of nitrogens with zero attached hydrogens (tertiary/aromatic N) is 2. The number of benzene rings is 2. The van der Waals surface area contributed by atoms with Crippen LogP contribution in [0.3, 0.4) is 0 Å². The van der Waals surface area contributed by atoms with Gasteiger partial charge < -0.3 is 15.2 Å². The molecule has 0 saturated carbocycles. The highest BCUT2D eigenvalue weighted by Crippen LogP contribution is 2.24. The number of hydrogen-bond acceptors (Lipinski definition) is 3. The molecule has 0 atom stereocenters. The van der Waals surface area contributed by atoms with Crippen LogP contribution in [-0.4, -0.2) is 29.0 Å². The largest absolute Gasteiger partial charge is 0.342 e. The van der Waals surface area contributed by atoms with Gasteiger partial charge in [0.25, 0.3) is 0 Å². The molecule has 4 rings (SSSR count). The number of imidazole rings is 1. The lowest BCUT2D eigenvalue weighted by molar-refractivity contribution is -0.120. The number of aromatic nitrogens is 2. The van der Waals surface area contributed by atoms with Gasteiger partial charge in [-0.2, -0.15) is 0 Å². The fourth-order valence-electron chi connectivity index (χ4n) is 3.22. The topological polar surface area (TPSA) is 61.0 Å². The highest BCUT2D eigenvalue weighted by molar-refractivity contribution is 9.10. The van der Waals surface area contributed by atoms with Crippen molar-refractivity contribution in [2.45, 2.75) is 12.8 Å². The van der Waals surface area contributed by atoms with Crippen LogP contribution in [0.4, 0.5) is 11.6 Å². The van der Waals surface area contributed by atoms with Gasteiger partial charge in [0, 0.05) is 29.2 Å². The number of anilines is 2. The zero-order valence-electron chi connectivity index (χ0n) is 13.7. The van der Waals surface area contributed by atoms with Gasteiger partial charge in [0.15, 0.2) is 0 Å². The maximum Gasteiger partial charge on any atom is 0.227 e. The van der Waals surface area contributed by atoms with Crippen molar-refractivity contribution in [3.05, 3.63) is 53.0 Å². The van der Waals surface area contributed by atoms with E-state index in [9.17, 15) is 4.79 Å². The van der Waals surface area contributed by atoms with Crippen molar-refractivity contribution in [3.63, 3.8) is 0 Å². The molecule has 1 saturated heterocycles. The van der Waals surface area contributed by atoms with Crippen molar-refractivity contribution in [3.8, 4) is 0 Å². The molecular weight excluding hydrogens is 380 g/mol. The van der Waals surface area contributed by atoms with E-state index in [1.54, 1.807) is 0 Å². The van der Waals surface area contributed by atoms with Crippen molar-refractivity contribution in [1.29, 1.82) is 0 Å². The minimum absolute atomic E-state index is 0.0456. The van der Waals surface area contributed by atoms with E-state index in [2.05, 4.69) is 36.1 Å². The van der Waals surface area contributed by atoms with Crippen molar-refractivity contribution < 1.29 is 4.79 Å². The van der Waals surface area contributed by atoms with E-state index >= 15 is 0 Å². The third kappa shape index (κ3) is 3.54. The van der Waals surface area contributed by atoms with Gasteiger partial charge in [-0.15, -0.1) is 0 Å². The summed E-state index contributed by atoms with van der Waals surface area (Å²) in [5.41, 5.74) is 2.87. The number of carbonyl (C=O) groups excluding carboxylic acids is 1. The van der Waals surface area contributed by atoms with E-state index in [4.69, 9.17) is 0 Å². The summed E-state index contributed by atoms with van der Waals surface area (Å²) >= 11 is 3.40. The fraction of sp³-hybridized carbons (Fsp3) is 0.263.